The van der Waals surface area contributed by atoms with Gasteiger partial charge in [0.2, 0.25) is 15.9 Å². The molecule has 30 heavy (non-hydrogen) atoms. The molecule has 0 saturated carbocycles. The number of rotatable bonds is 8. The Hall–Kier alpha value is -2.19. The van der Waals surface area contributed by atoms with Crippen LogP contribution >= 0.6 is 0 Å². The van der Waals surface area contributed by atoms with Crippen molar-refractivity contribution in [3.63, 3.8) is 0 Å². The van der Waals surface area contributed by atoms with Crippen LogP contribution in [0.15, 0.2) is 35.2 Å². The fourth-order valence-corrected chi connectivity index (χ4v) is 5.87. The number of aryl methyl sites for hydroxylation is 2. The monoisotopic (exact) mass is 432 g/mol. The normalized spacial score (nSPS) is 16.0. The van der Waals surface area contributed by atoms with E-state index in [1.807, 2.05) is 35.2 Å². The van der Waals surface area contributed by atoms with Crippen LogP contribution in [0.1, 0.15) is 49.6 Å². The highest BCUT2D eigenvalue weighted by Gasteiger charge is 2.35. The summed E-state index contributed by atoms with van der Waals surface area (Å²) in [5.74, 6) is 0.00332. The second-order valence-corrected chi connectivity index (χ2v) is 9.92. The van der Waals surface area contributed by atoms with Gasteiger partial charge in [-0.05, 0) is 38.7 Å². The summed E-state index contributed by atoms with van der Waals surface area (Å²) in [6.07, 6.45) is 3.08. The molecule has 2 heterocycles. The highest BCUT2D eigenvalue weighted by Crippen LogP contribution is 2.28. The molecule has 1 aromatic heterocycles. The summed E-state index contributed by atoms with van der Waals surface area (Å²) < 4.78 is 27.6. The van der Waals surface area contributed by atoms with Crippen molar-refractivity contribution in [1.29, 1.82) is 0 Å². The summed E-state index contributed by atoms with van der Waals surface area (Å²) in [4.78, 5) is 15.5. The lowest BCUT2D eigenvalue weighted by Gasteiger charge is -2.34. The molecule has 1 amide bonds. The Morgan fingerprint density at radius 1 is 1.20 bits per heavy atom. The lowest BCUT2D eigenvalue weighted by atomic mass is 9.96. The topological polar surface area (TPSA) is 86.4 Å². The van der Waals surface area contributed by atoms with Crippen molar-refractivity contribution in [2.75, 3.05) is 19.6 Å². The fourth-order valence-electron chi connectivity index (χ4n) is 4.07. The second-order valence-electron chi connectivity index (χ2n) is 8.04. The van der Waals surface area contributed by atoms with Crippen molar-refractivity contribution < 1.29 is 13.2 Å². The van der Waals surface area contributed by atoms with Crippen LogP contribution in [0.4, 0.5) is 0 Å². The Kier molecular flexibility index (Phi) is 7.31. The van der Waals surface area contributed by atoms with E-state index >= 15 is 0 Å². The van der Waals surface area contributed by atoms with E-state index in [4.69, 9.17) is 0 Å². The first-order valence-corrected chi connectivity index (χ1v) is 12.1. The van der Waals surface area contributed by atoms with Crippen molar-refractivity contribution in [3.8, 4) is 0 Å². The van der Waals surface area contributed by atoms with Gasteiger partial charge in [0.05, 0.1) is 11.4 Å². The predicted molar refractivity (Wildman–Crippen MR) is 116 cm³/mol. The molecule has 1 aromatic carbocycles. The van der Waals surface area contributed by atoms with Gasteiger partial charge < -0.3 is 4.90 Å². The summed E-state index contributed by atoms with van der Waals surface area (Å²) in [7, 11) is -3.60. The van der Waals surface area contributed by atoms with Crippen LogP contribution in [-0.4, -0.2) is 53.4 Å². The average Bonchev–Trinajstić information content (AvgIpc) is 3.10. The minimum Gasteiger partial charge on any atom is -0.338 e. The molecule has 0 spiro atoms. The molecule has 0 radical (unpaired) electrons. The van der Waals surface area contributed by atoms with E-state index < -0.39 is 10.0 Å². The third kappa shape index (κ3) is 4.92. The number of hydrogen-bond donors (Lipinski definition) is 1. The van der Waals surface area contributed by atoms with Crippen molar-refractivity contribution in [2.24, 2.45) is 5.92 Å². The van der Waals surface area contributed by atoms with Gasteiger partial charge in [0.15, 0.2) is 0 Å². The molecule has 3 rings (SSSR count). The van der Waals surface area contributed by atoms with Crippen LogP contribution in [0.25, 0.3) is 0 Å². The number of benzene rings is 1. The van der Waals surface area contributed by atoms with Gasteiger partial charge in [0.1, 0.15) is 4.90 Å². The molecule has 1 N–H and O–H groups in total. The minimum absolute atomic E-state index is 0.136. The zero-order valence-electron chi connectivity index (χ0n) is 18.1. The first kappa shape index (κ1) is 22.5. The molecule has 1 saturated heterocycles. The molecule has 7 nitrogen and oxygen atoms in total. The number of hydrogen-bond acceptors (Lipinski definition) is 4. The molecule has 1 fully saturated rings. The first-order valence-electron chi connectivity index (χ1n) is 10.7. The van der Waals surface area contributed by atoms with E-state index in [1.165, 1.54) is 4.31 Å². The summed E-state index contributed by atoms with van der Waals surface area (Å²) >= 11 is 0. The quantitative estimate of drug-likeness (QED) is 0.694. The number of nitrogens with zero attached hydrogens (tertiary/aromatic N) is 3. The number of H-pyrrole nitrogens is 1. The Bertz CT molecular complexity index is 929. The molecule has 8 heteroatoms. The molecule has 164 valence electrons. The van der Waals surface area contributed by atoms with Crippen molar-refractivity contribution in [2.45, 2.75) is 57.9 Å². The van der Waals surface area contributed by atoms with Crippen LogP contribution in [0.5, 0.6) is 0 Å². The second kappa shape index (κ2) is 9.75. The molecule has 1 aliphatic rings. The largest absolute Gasteiger partial charge is 0.338 e. The standard InChI is InChI=1S/C22H32N4O3S/c1-4-5-13-25(16-19-9-7-6-8-10-19)22(27)20-11-14-26(15-12-20)30(28,29)21-17(2)23-24-18(21)3/h6-10,20H,4-5,11-16H2,1-3H3,(H,23,24). The summed E-state index contributed by atoms with van der Waals surface area (Å²) in [6.45, 7) is 7.59. The minimum atomic E-state index is -3.60. The van der Waals surface area contributed by atoms with Gasteiger partial charge in [-0.15, -0.1) is 0 Å². The Balaban J connectivity index is 1.67. The van der Waals surface area contributed by atoms with Gasteiger partial charge in [-0.1, -0.05) is 43.7 Å². The van der Waals surface area contributed by atoms with Crippen molar-refractivity contribution in [1.82, 2.24) is 19.4 Å². The van der Waals surface area contributed by atoms with Crippen LogP contribution in [0, 0.1) is 19.8 Å². The maximum absolute atomic E-state index is 13.2. The summed E-state index contributed by atoms with van der Waals surface area (Å²) in [5.41, 5.74) is 2.16. The van der Waals surface area contributed by atoms with Gasteiger partial charge in [0, 0.05) is 32.1 Å². The number of carbonyl (C=O) groups is 1. The number of aromatic nitrogens is 2. The number of nitrogens with one attached hydrogen (secondary N) is 1. The molecular formula is C22H32N4O3S. The lowest BCUT2D eigenvalue weighted by molar-refractivity contribution is -0.137. The van der Waals surface area contributed by atoms with Gasteiger partial charge in [-0.25, -0.2) is 8.42 Å². The Labute approximate surface area is 179 Å². The number of amides is 1. The number of aromatic amines is 1. The third-order valence-corrected chi connectivity index (χ3v) is 7.93. The SMILES string of the molecule is CCCCN(Cc1ccccc1)C(=O)C1CCN(S(=O)(=O)c2c(C)n[nH]c2C)CC1. The van der Waals surface area contributed by atoms with Crippen LogP contribution in [0.2, 0.25) is 0 Å². The van der Waals surface area contributed by atoms with E-state index in [1.54, 1.807) is 13.8 Å². The van der Waals surface area contributed by atoms with E-state index in [2.05, 4.69) is 17.1 Å². The summed E-state index contributed by atoms with van der Waals surface area (Å²) in [5, 5.41) is 6.77. The van der Waals surface area contributed by atoms with Crippen LogP contribution in [-0.2, 0) is 21.4 Å². The van der Waals surface area contributed by atoms with E-state index in [0.29, 0.717) is 43.9 Å². The van der Waals surface area contributed by atoms with E-state index in [-0.39, 0.29) is 16.7 Å². The molecule has 0 bridgehead atoms. The number of unbranched alkanes of at least 4 members (excludes halogenated alkanes) is 1. The third-order valence-electron chi connectivity index (χ3n) is 5.77. The molecule has 1 aliphatic heterocycles. The first-order chi connectivity index (χ1) is 14.3. The maximum atomic E-state index is 13.2. The highest BCUT2D eigenvalue weighted by molar-refractivity contribution is 7.89. The Morgan fingerprint density at radius 2 is 1.87 bits per heavy atom. The molecule has 0 aliphatic carbocycles. The fraction of sp³-hybridized carbons (Fsp3) is 0.545. The maximum Gasteiger partial charge on any atom is 0.246 e. The smallest absolute Gasteiger partial charge is 0.246 e. The van der Waals surface area contributed by atoms with E-state index in [9.17, 15) is 13.2 Å². The number of piperidine rings is 1. The van der Waals surface area contributed by atoms with Gasteiger partial charge in [-0.3, -0.25) is 9.89 Å². The zero-order chi connectivity index (χ0) is 21.7. The average molecular weight is 433 g/mol. The van der Waals surface area contributed by atoms with Gasteiger partial charge in [0.25, 0.3) is 0 Å². The number of sulfonamides is 1. The molecule has 0 atom stereocenters. The van der Waals surface area contributed by atoms with Crippen LogP contribution < -0.4 is 0 Å². The predicted octanol–water partition coefficient (Wildman–Crippen LogP) is 3.26. The summed E-state index contributed by atoms with van der Waals surface area (Å²) in [6, 6.07) is 10.0. The lowest BCUT2D eigenvalue weighted by Crippen LogP contribution is -2.44. The molecule has 2 aromatic rings. The number of carbonyl (C=O) groups excluding carboxylic acids is 1. The van der Waals surface area contributed by atoms with Crippen molar-refractivity contribution in [3.05, 3.63) is 47.3 Å². The Morgan fingerprint density at radius 3 is 2.43 bits per heavy atom. The van der Waals surface area contributed by atoms with Gasteiger partial charge >= 0.3 is 0 Å². The van der Waals surface area contributed by atoms with Crippen LogP contribution in [0.3, 0.4) is 0 Å². The molecule has 0 unspecified atom stereocenters. The highest BCUT2D eigenvalue weighted by atomic mass is 32.2. The van der Waals surface area contributed by atoms with Crippen molar-refractivity contribution >= 4 is 15.9 Å². The zero-order valence-corrected chi connectivity index (χ0v) is 18.9. The molecular weight excluding hydrogens is 400 g/mol. The van der Waals surface area contributed by atoms with Gasteiger partial charge in [-0.2, -0.15) is 9.40 Å². The van der Waals surface area contributed by atoms with E-state index in [0.717, 1.165) is 24.9 Å².